The smallest absolute Gasteiger partial charge is 0.187 e. The normalized spacial score (nSPS) is 16.8. The van der Waals surface area contributed by atoms with E-state index < -0.39 is 0 Å². The van der Waals surface area contributed by atoms with Gasteiger partial charge >= 0.3 is 0 Å². The van der Waals surface area contributed by atoms with Gasteiger partial charge in [0, 0.05) is 13.2 Å². The van der Waals surface area contributed by atoms with Crippen LogP contribution in [0.2, 0.25) is 0 Å². The summed E-state index contributed by atoms with van der Waals surface area (Å²) in [6, 6.07) is 5.55. The molecular weight excluding hydrogens is 326 g/mol. The van der Waals surface area contributed by atoms with Gasteiger partial charge < -0.3 is 19.5 Å². The summed E-state index contributed by atoms with van der Waals surface area (Å²) in [5.41, 5.74) is 3.66. The molecule has 0 bridgehead atoms. The third-order valence-corrected chi connectivity index (χ3v) is 3.67. The predicted octanol–water partition coefficient (Wildman–Crippen LogP) is 2.24. The average molecular weight is 349 g/mol. The van der Waals surface area contributed by atoms with Crippen LogP contribution < -0.4 is 20.2 Å². The Hall–Kier alpha value is -2.12. The number of benzene rings is 1. The van der Waals surface area contributed by atoms with Gasteiger partial charge in [-0.15, -0.1) is 0 Å². The zero-order chi connectivity index (χ0) is 17.2. The van der Waals surface area contributed by atoms with Crippen molar-refractivity contribution < 1.29 is 14.2 Å². The van der Waals surface area contributed by atoms with Crippen molar-refractivity contribution in [3.05, 3.63) is 36.4 Å². The highest BCUT2D eigenvalue weighted by molar-refractivity contribution is 7.80. The molecule has 1 aliphatic heterocycles. The van der Waals surface area contributed by atoms with Crippen LogP contribution in [0.25, 0.3) is 0 Å². The third-order valence-electron chi connectivity index (χ3n) is 3.44. The van der Waals surface area contributed by atoms with E-state index in [1.54, 1.807) is 19.4 Å². The minimum atomic E-state index is 0.237. The first-order chi connectivity index (χ1) is 11.7. The SMILES string of the molecule is C=CCOc1ccc(/C=N\NC(=S)NC[C@@H]2CCCO2)cc1OC. The minimum absolute atomic E-state index is 0.237. The number of hydrogen-bond acceptors (Lipinski definition) is 5. The second-order valence-corrected chi connectivity index (χ2v) is 5.63. The maximum Gasteiger partial charge on any atom is 0.187 e. The number of methoxy groups -OCH3 is 1. The lowest BCUT2D eigenvalue weighted by molar-refractivity contribution is 0.114. The Balaban J connectivity index is 1.81. The first kappa shape index (κ1) is 18.2. The van der Waals surface area contributed by atoms with Gasteiger partial charge in [-0.05, 0) is 48.8 Å². The van der Waals surface area contributed by atoms with Gasteiger partial charge in [0.25, 0.3) is 0 Å². The number of rotatable bonds is 8. The second-order valence-electron chi connectivity index (χ2n) is 5.23. The van der Waals surface area contributed by atoms with E-state index in [1.165, 1.54) is 0 Å². The van der Waals surface area contributed by atoms with Crippen LogP contribution in [0.3, 0.4) is 0 Å². The molecule has 1 aliphatic rings. The van der Waals surface area contributed by atoms with Crippen LogP contribution in [0, 0.1) is 0 Å². The molecule has 1 aromatic carbocycles. The summed E-state index contributed by atoms with van der Waals surface area (Å²) in [7, 11) is 1.60. The number of hydrogen-bond donors (Lipinski definition) is 2. The first-order valence-electron chi connectivity index (χ1n) is 7.83. The number of ether oxygens (including phenoxy) is 3. The van der Waals surface area contributed by atoms with Crippen LogP contribution in [0.4, 0.5) is 0 Å². The van der Waals surface area contributed by atoms with Crippen molar-refractivity contribution in [2.75, 3.05) is 26.9 Å². The lowest BCUT2D eigenvalue weighted by atomic mass is 10.2. The summed E-state index contributed by atoms with van der Waals surface area (Å²) < 4.78 is 16.3. The standard InChI is InChI=1S/C17H23N3O3S/c1-3-8-23-15-7-6-13(10-16(15)21-2)11-19-20-17(24)18-12-14-5-4-9-22-14/h3,6-7,10-11,14H,1,4-5,8-9,12H2,2H3,(H2,18,20,24)/b19-11-/t14-/m0/s1. The van der Waals surface area contributed by atoms with Crippen molar-refractivity contribution in [1.82, 2.24) is 10.7 Å². The van der Waals surface area contributed by atoms with Crippen LogP contribution in [0.5, 0.6) is 11.5 Å². The number of nitrogens with one attached hydrogen (secondary N) is 2. The Morgan fingerprint density at radius 3 is 3.08 bits per heavy atom. The van der Waals surface area contributed by atoms with Crippen LogP contribution in [-0.2, 0) is 4.74 Å². The van der Waals surface area contributed by atoms with E-state index in [9.17, 15) is 0 Å². The fraction of sp³-hybridized carbons (Fsp3) is 0.412. The van der Waals surface area contributed by atoms with Gasteiger partial charge in [-0.1, -0.05) is 12.7 Å². The zero-order valence-electron chi connectivity index (χ0n) is 13.8. The van der Waals surface area contributed by atoms with Gasteiger partial charge in [0.2, 0.25) is 0 Å². The highest BCUT2D eigenvalue weighted by atomic mass is 32.1. The number of hydrazone groups is 1. The molecule has 0 saturated carbocycles. The summed E-state index contributed by atoms with van der Waals surface area (Å²) in [4.78, 5) is 0. The fourth-order valence-electron chi connectivity index (χ4n) is 2.25. The number of thiocarbonyl (C=S) groups is 1. The van der Waals surface area contributed by atoms with E-state index in [-0.39, 0.29) is 6.10 Å². The number of nitrogens with zero attached hydrogens (tertiary/aromatic N) is 1. The van der Waals surface area contributed by atoms with Gasteiger partial charge in [-0.25, -0.2) is 0 Å². The van der Waals surface area contributed by atoms with Crippen LogP contribution in [0.15, 0.2) is 36.0 Å². The van der Waals surface area contributed by atoms with Crippen molar-refractivity contribution in [1.29, 1.82) is 0 Å². The minimum Gasteiger partial charge on any atom is -0.493 e. The molecule has 1 saturated heterocycles. The lowest BCUT2D eigenvalue weighted by Crippen LogP contribution is -2.37. The van der Waals surface area contributed by atoms with Crippen molar-refractivity contribution >= 4 is 23.5 Å². The molecule has 2 N–H and O–H groups in total. The highest BCUT2D eigenvalue weighted by Crippen LogP contribution is 2.27. The molecule has 1 fully saturated rings. The van der Waals surface area contributed by atoms with Crippen LogP contribution >= 0.6 is 12.2 Å². The molecule has 0 spiro atoms. The molecular formula is C17H23N3O3S. The van der Waals surface area contributed by atoms with E-state index in [4.69, 9.17) is 26.4 Å². The molecule has 1 aromatic rings. The Morgan fingerprint density at radius 2 is 2.38 bits per heavy atom. The third kappa shape index (κ3) is 5.82. The van der Waals surface area contributed by atoms with Crippen LogP contribution in [-0.4, -0.2) is 44.3 Å². The maximum atomic E-state index is 5.52. The highest BCUT2D eigenvalue weighted by Gasteiger charge is 2.14. The van der Waals surface area contributed by atoms with E-state index in [0.29, 0.717) is 29.8 Å². The van der Waals surface area contributed by atoms with Gasteiger partial charge in [-0.2, -0.15) is 5.10 Å². The molecule has 1 heterocycles. The molecule has 7 heteroatoms. The largest absolute Gasteiger partial charge is 0.493 e. The monoisotopic (exact) mass is 349 g/mol. The molecule has 0 amide bonds. The quantitative estimate of drug-likeness (QED) is 0.325. The summed E-state index contributed by atoms with van der Waals surface area (Å²) >= 11 is 5.18. The van der Waals surface area contributed by atoms with Crippen molar-refractivity contribution in [2.24, 2.45) is 5.10 Å². The molecule has 0 radical (unpaired) electrons. The molecule has 0 aromatic heterocycles. The van der Waals surface area contributed by atoms with Gasteiger partial charge in [0.1, 0.15) is 6.61 Å². The summed E-state index contributed by atoms with van der Waals surface area (Å²) in [6.45, 7) is 5.58. The van der Waals surface area contributed by atoms with Crippen molar-refractivity contribution in [3.8, 4) is 11.5 Å². The Kier molecular flexibility index (Phi) is 7.51. The van der Waals surface area contributed by atoms with E-state index in [2.05, 4.69) is 22.4 Å². The summed E-state index contributed by atoms with van der Waals surface area (Å²) in [6.07, 6.45) is 5.77. The first-order valence-corrected chi connectivity index (χ1v) is 8.24. The lowest BCUT2D eigenvalue weighted by Gasteiger charge is -2.12. The second kappa shape index (κ2) is 9.89. The molecule has 130 valence electrons. The van der Waals surface area contributed by atoms with E-state index in [0.717, 1.165) is 25.0 Å². The fourth-order valence-corrected chi connectivity index (χ4v) is 2.39. The topological polar surface area (TPSA) is 64.1 Å². The summed E-state index contributed by atoms with van der Waals surface area (Å²) in [5.74, 6) is 1.30. The maximum absolute atomic E-state index is 5.52. The zero-order valence-corrected chi connectivity index (χ0v) is 14.6. The van der Waals surface area contributed by atoms with Crippen molar-refractivity contribution in [2.45, 2.75) is 18.9 Å². The Labute approximate surface area is 147 Å². The molecule has 6 nitrogen and oxygen atoms in total. The van der Waals surface area contributed by atoms with Gasteiger partial charge in [0.05, 0.1) is 19.4 Å². The molecule has 24 heavy (non-hydrogen) atoms. The average Bonchev–Trinajstić information content (AvgIpc) is 3.12. The Morgan fingerprint density at radius 1 is 1.50 bits per heavy atom. The predicted molar refractivity (Wildman–Crippen MR) is 99.0 cm³/mol. The molecule has 1 atom stereocenters. The molecule has 0 aliphatic carbocycles. The van der Waals surface area contributed by atoms with Crippen LogP contribution in [0.1, 0.15) is 18.4 Å². The Bertz CT molecular complexity index is 586. The molecule has 2 rings (SSSR count). The summed E-state index contributed by atoms with van der Waals surface area (Å²) in [5, 5.41) is 7.69. The molecule has 0 unspecified atom stereocenters. The van der Waals surface area contributed by atoms with Gasteiger partial charge in [0.15, 0.2) is 16.6 Å². The van der Waals surface area contributed by atoms with Gasteiger partial charge in [-0.3, -0.25) is 5.43 Å². The van der Waals surface area contributed by atoms with Crippen molar-refractivity contribution in [3.63, 3.8) is 0 Å². The van der Waals surface area contributed by atoms with E-state index in [1.807, 2.05) is 18.2 Å². The van der Waals surface area contributed by atoms with E-state index >= 15 is 0 Å².